The Hall–Kier alpha value is -2.53. The van der Waals surface area contributed by atoms with Gasteiger partial charge in [0.05, 0.1) is 10.6 Å². The summed E-state index contributed by atoms with van der Waals surface area (Å²) < 4.78 is 0. The van der Waals surface area contributed by atoms with Gasteiger partial charge < -0.3 is 10.2 Å². The van der Waals surface area contributed by atoms with Crippen molar-refractivity contribution in [2.75, 3.05) is 11.9 Å². The minimum atomic E-state index is -0.218. The molecule has 0 unspecified atom stereocenters. The van der Waals surface area contributed by atoms with Crippen molar-refractivity contribution in [1.82, 2.24) is 4.90 Å². The average Bonchev–Trinajstić information content (AvgIpc) is 2.62. The van der Waals surface area contributed by atoms with E-state index in [1.807, 2.05) is 36.4 Å². The number of para-hydroxylation sites is 1. The average molecular weight is 336 g/mol. The number of carbonyl (C=O) groups is 2. The second kappa shape index (κ2) is 6.17. The molecule has 2 aromatic carbocycles. The van der Waals surface area contributed by atoms with Crippen LogP contribution >= 0.6 is 11.8 Å². The number of carbonyl (C=O) groups excluding carboxylic acids is 2. The maximum Gasteiger partial charge on any atom is 0.262 e. The third kappa shape index (κ3) is 2.83. The molecule has 0 saturated carbocycles. The van der Waals surface area contributed by atoms with Crippen LogP contribution in [0.1, 0.15) is 11.1 Å². The fraction of sp³-hybridized carbons (Fsp3) is 0.158. The highest BCUT2D eigenvalue weighted by atomic mass is 32.2. The van der Waals surface area contributed by atoms with Gasteiger partial charge in [-0.15, -0.1) is 0 Å². The number of benzene rings is 2. The van der Waals surface area contributed by atoms with Crippen LogP contribution in [0.2, 0.25) is 0 Å². The summed E-state index contributed by atoms with van der Waals surface area (Å²) in [6.45, 7) is 1.28. The Labute approximate surface area is 144 Å². The molecule has 0 fully saturated rings. The van der Waals surface area contributed by atoms with Gasteiger partial charge in [0.1, 0.15) is 0 Å². The Morgan fingerprint density at radius 1 is 1.08 bits per heavy atom. The lowest BCUT2D eigenvalue weighted by molar-refractivity contribution is -0.127. The van der Waals surface area contributed by atoms with Gasteiger partial charge in [0, 0.05) is 24.1 Å². The zero-order valence-electron chi connectivity index (χ0n) is 13.0. The molecular weight excluding hydrogens is 320 g/mol. The molecule has 4 rings (SSSR count). The van der Waals surface area contributed by atoms with Gasteiger partial charge in [0.25, 0.3) is 5.91 Å². The molecule has 0 radical (unpaired) electrons. The molecule has 0 spiro atoms. The largest absolute Gasteiger partial charge is 0.334 e. The van der Waals surface area contributed by atoms with Crippen LogP contribution < -0.4 is 5.32 Å². The zero-order valence-corrected chi connectivity index (χ0v) is 13.8. The highest BCUT2D eigenvalue weighted by Crippen LogP contribution is 2.37. The van der Waals surface area contributed by atoms with Gasteiger partial charge in [0.2, 0.25) is 5.91 Å². The van der Waals surface area contributed by atoms with Crippen LogP contribution in [0.15, 0.2) is 64.4 Å². The molecule has 5 heteroatoms. The molecular formula is C19H16N2O2S. The first-order valence-electron chi connectivity index (χ1n) is 7.86. The van der Waals surface area contributed by atoms with Crippen LogP contribution in [0.3, 0.4) is 0 Å². The van der Waals surface area contributed by atoms with Crippen LogP contribution in [0, 0.1) is 0 Å². The molecule has 0 aromatic heterocycles. The van der Waals surface area contributed by atoms with Crippen molar-refractivity contribution in [2.24, 2.45) is 0 Å². The first kappa shape index (κ1) is 15.0. The van der Waals surface area contributed by atoms with Gasteiger partial charge in [0.15, 0.2) is 0 Å². The Morgan fingerprint density at radius 2 is 1.83 bits per heavy atom. The molecule has 2 heterocycles. The van der Waals surface area contributed by atoms with E-state index in [0.717, 1.165) is 17.0 Å². The summed E-state index contributed by atoms with van der Waals surface area (Å²) in [6.07, 6.45) is 2.32. The van der Waals surface area contributed by atoms with E-state index in [1.54, 1.807) is 4.90 Å². The lowest BCUT2D eigenvalue weighted by atomic mass is 10.00. The van der Waals surface area contributed by atoms with Crippen molar-refractivity contribution in [3.63, 3.8) is 0 Å². The van der Waals surface area contributed by atoms with E-state index in [1.165, 1.54) is 29.0 Å². The minimum Gasteiger partial charge on any atom is -0.334 e. The number of amides is 2. The summed E-state index contributed by atoms with van der Waals surface area (Å²) in [7, 11) is 0. The van der Waals surface area contributed by atoms with Gasteiger partial charge in [-0.25, -0.2) is 0 Å². The summed E-state index contributed by atoms with van der Waals surface area (Å²) in [5, 5.41) is 2.84. The van der Waals surface area contributed by atoms with Crippen LogP contribution in [-0.2, 0) is 22.6 Å². The maximum atomic E-state index is 12.6. The molecule has 0 aliphatic carbocycles. The number of anilines is 1. The number of fused-ring (bicyclic) bond motifs is 2. The first-order valence-corrected chi connectivity index (χ1v) is 8.68. The summed E-state index contributed by atoms with van der Waals surface area (Å²) in [5.41, 5.74) is 3.28. The van der Waals surface area contributed by atoms with E-state index in [-0.39, 0.29) is 11.8 Å². The second-order valence-corrected chi connectivity index (χ2v) is 6.92. The zero-order chi connectivity index (χ0) is 16.5. The molecule has 120 valence electrons. The number of thioether (sulfide) groups is 1. The summed E-state index contributed by atoms with van der Waals surface area (Å²) >= 11 is 1.34. The lowest BCUT2D eigenvalue weighted by Crippen LogP contribution is -2.35. The predicted octanol–water partition coefficient (Wildman–Crippen LogP) is 3.20. The van der Waals surface area contributed by atoms with Crippen LogP contribution in [0.5, 0.6) is 0 Å². The molecule has 0 atom stereocenters. The van der Waals surface area contributed by atoms with Crippen molar-refractivity contribution < 1.29 is 9.59 Å². The van der Waals surface area contributed by atoms with Crippen molar-refractivity contribution in [3.8, 4) is 0 Å². The number of nitrogens with zero attached hydrogens (tertiary/aromatic N) is 1. The molecule has 2 aliphatic rings. The highest BCUT2D eigenvalue weighted by Gasteiger charge is 2.24. The van der Waals surface area contributed by atoms with Crippen molar-refractivity contribution in [3.05, 3.63) is 70.6 Å². The molecule has 2 amide bonds. The number of rotatable bonds is 1. The normalized spacial score (nSPS) is 17.9. The smallest absolute Gasteiger partial charge is 0.262 e. The quantitative estimate of drug-likeness (QED) is 0.814. The van der Waals surface area contributed by atoms with Crippen LogP contribution in [0.4, 0.5) is 5.69 Å². The first-order chi connectivity index (χ1) is 11.7. The fourth-order valence-electron chi connectivity index (χ4n) is 2.99. The molecule has 2 aliphatic heterocycles. The molecule has 0 saturated heterocycles. The van der Waals surface area contributed by atoms with Gasteiger partial charge in [-0.2, -0.15) is 0 Å². The maximum absolute atomic E-state index is 12.6. The third-order valence-electron chi connectivity index (χ3n) is 4.28. The van der Waals surface area contributed by atoms with Gasteiger partial charge in [-0.05, 0) is 29.7 Å². The lowest BCUT2D eigenvalue weighted by Gasteiger charge is -2.28. The molecule has 24 heavy (non-hydrogen) atoms. The summed E-state index contributed by atoms with van der Waals surface area (Å²) in [4.78, 5) is 28.0. The monoisotopic (exact) mass is 336 g/mol. The van der Waals surface area contributed by atoms with E-state index in [9.17, 15) is 9.59 Å². The third-order valence-corrected chi connectivity index (χ3v) is 5.37. The number of hydrogen-bond donors (Lipinski definition) is 1. The van der Waals surface area contributed by atoms with Crippen LogP contribution in [-0.4, -0.2) is 23.3 Å². The molecule has 2 aromatic rings. The Balaban J connectivity index is 1.54. The summed E-state index contributed by atoms with van der Waals surface area (Å²) in [6, 6.07) is 15.8. The van der Waals surface area contributed by atoms with Crippen molar-refractivity contribution in [1.29, 1.82) is 0 Å². The summed E-state index contributed by atoms with van der Waals surface area (Å²) in [5.74, 6) is -0.328. The molecule has 0 bridgehead atoms. The number of hydrogen-bond acceptors (Lipinski definition) is 3. The highest BCUT2D eigenvalue weighted by molar-refractivity contribution is 8.04. The minimum absolute atomic E-state index is 0.110. The molecule has 4 nitrogen and oxygen atoms in total. The van der Waals surface area contributed by atoms with E-state index in [4.69, 9.17) is 0 Å². The van der Waals surface area contributed by atoms with Gasteiger partial charge in [-0.1, -0.05) is 48.2 Å². The van der Waals surface area contributed by atoms with E-state index in [0.29, 0.717) is 18.0 Å². The molecule has 1 N–H and O–H groups in total. The predicted molar refractivity (Wildman–Crippen MR) is 94.6 cm³/mol. The van der Waals surface area contributed by atoms with Crippen LogP contribution in [0.25, 0.3) is 0 Å². The van der Waals surface area contributed by atoms with Crippen molar-refractivity contribution >= 4 is 29.3 Å². The standard InChI is InChI=1S/C19H16N2O2S/c22-18(21-10-9-13-5-1-2-6-14(13)12-21)11-17-19(23)20-15-7-3-4-8-16(15)24-17/h1-8,11H,9-10,12H2,(H,20,23). The fourth-order valence-corrected chi connectivity index (χ4v) is 3.91. The Kier molecular flexibility index (Phi) is 3.86. The van der Waals surface area contributed by atoms with Gasteiger partial charge in [-0.3, -0.25) is 9.59 Å². The Morgan fingerprint density at radius 3 is 2.71 bits per heavy atom. The number of nitrogens with one attached hydrogen (secondary N) is 1. The van der Waals surface area contributed by atoms with E-state index < -0.39 is 0 Å². The second-order valence-electron chi connectivity index (χ2n) is 5.84. The SMILES string of the molecule is O=C1Nc2ccccc2SC1=CC(=O)N1CCc2ccccc2C1. The van der Waals surface area contributed by atoms with Gasteiger partial charge >= 0.3 is 0 Å². The Bertz CT molecular complexity index is 860. The topological polar surface area (TPSA) is 49.4 Å². The van der Waals surface area contributed by atoms with E-state index >= 15 is 0 Å². The van der Waals surface area contributed by atoms with E-state index in [2.05, 4.69) is 17.4 Å². The van der Waals surface area contributed by atoms with Crippen molar-refractivity contribution in [2.45, 2.75) is 17.9 Å².